The Morgan fingerprint density at radius 2 is 1.76 bits per heavy atom. The molecule has 0 bridgehead atoms. The summed E-state index contributed by atoms with van der Waals surface area (Å²) in [5, 5.41) is 2.52. The fourth-order valence-corrected chi connectivity index (χ4v) is 3.08. The number of benzene rings is 2. The summed E-state index contributed by atoms with van der Waals surface area (Å²) in [6.07, 6.45) is 5.92. The normalized spacial score (nSPS) is 11.3. The minimum absolute atomic E-state index is 0.750. The molecule has 0 saturated carbocycles. The van der Waals surface area contributed by atoms with Crippen molar-refractivity contribution in [3.05, 3.63) is 48.0 Å². The van der Waals surface area contributed by atoms with Gasteiger partial charge in [-0.15, -0.1) is 0 Å². The first-order valence-corrected chi connectivity index (χ1v) is 7.81. The van der Waals surface area contributed by atoms with E-state index in [1.165, 1.54) is 47.5 Å². The maximum Gasteiger partial charge on any atom is 0.150 e. The summed E-state index contributed by atoms with van der Waals surface area (Å²) in [6.45, 7) is 3.25. The second-order valence-electron chi connectivity index (χ2n) is 5.62. The molecule has 2 nitrogen and oxygen atoms in total. The molecule has 21 heavy (non-hydrogen) atoms. The molecular weight excluding hydrogens is 258 g/mol. The lowest BCUT2D eigenvalue weighted by Crippen LogP contribution is -1.98. The van der Waals surface area contributed by atoms with Gasteiger partial charge in [-0.1, -0.05) is 56.5 Å². The number of aromatic nitrogens is 1. The molecule has 0 fully saturated rings. The molecule has 0 atom stereocenters. The van der Waals surface area contributed by atoms with Gasteiger partial charge in [-0.2, -0.15) is 0 Å². The zero-order valence-corrected chi connectivity index (χ0v) is 12.5. The minimum Gasteiger partial charge on any atom is -0.340 e. The van der Waals surface area contributed by atoms with Gasteiger partial charge in [-0.25, -0.2) is 0 Å². The first-order valence-electron chi connectivity index (χ1n) is 7.81. The third kappa shape index (κ3) is 2.58. The Morgan fingerprint density at radius 3 is 2.57 bits per heavy atom. The zero-order valence-electron chi connectivity index (χ0n) is 12.5. The molecule has 0 saturated heterocycles. The van der Waals surface area contributed by atoms with E-state index in [1.807, 2.05) is 12.1 Å². The molecule has 108 valence electrons. The van der Waals surface area contributed by atoms with Gasteiger partial charge in [0.05, 0.1) is 0 Å². The summed E-state index contributed by atoms with van der Waals surface area (Å²) in [7, 11) is 0. The van der Waals surface area contributed by atoms with Crippen LogP contribution in [-0.2, 0) is 6.54 Å². The number of nitrogens with zero attached hydrogens (tertiary/aromatic N) is 1. The fraction of sp³-hybridized carbons (Fsp3) is 0.316. The van der Waals surface area contributed by atoms with Crippen molar-refractivity contribution >= 4 is 28.1 Å². The van der Waals surface area contributed by atoms with Gasteiger partial charge in [-0.05, 0) is 18.6 Å². The number of carbonyl (C=O) groups is 1. The molecule has 0 aliphatic rings. The van der Waals surface area contributed by atoms with E-state index in [0.717, 1.165) is 18.4 Å². The van der Waals surface area contributed by atoms with Gasteiger partial charge in [0.2, 0.25) is 0 Å². The van der Waals surface area contributed by atoms with Crippen LogP contribution in [0, 0.1) is 0 Å². The Bertz CT molecular complexity index is 770. The predicted octanol–water partition coefficient (Wildman–Crippen LogP) is 5.19. The van der Waals surface area contributed by atoms with Crippen molar-refractivity contribution in [1.29, 1.82) is 0 Å². The van der Waals surface area contributed by atoms with Crippen molar-refractivity contribution < 1.29 is 4.79 Å². The summed E-state index contributed by atoms with van der Waals surface area (Å²) in [5.41, 5.74) is 3.20. The lowest BCUT2D eigenvalue weighted by molar-refractivity contribution is 0.112. The molecule has 0 spiro atoms. The Balaban J connectivity index is 2.10. The first-order chi connectivity index (χ1) is 10.3. The number of fused-ring (bicyclic) bond motifs is 3. The van der Waals surface area contributed by atoms with Crippen molar-refractivity contribution in [2.75, 3.05) is 0 Å². The van der Waals surface area contributed by atoms with Crippen LogP contribution >= 0.6 is 0 Å². The molecule has 3 rings (SSSR count). The highest BCUT2D eigenvalue weighted by molar-refractivity contribution is 6.09. The van der Waals surface area contributed by atoms with Crippen LogP contribution in [0.2, 0.25) is 0 Å². The maximum absolute atomic E-state index is 11.1. The van der Waals surface area contributed by atoms with Crippen molar-refractivity contribution in [3.63, 3.8) is 0 Å². The molecule has 0 radical (unpaired) electrons. The van der Waals surface area contributed by atoms with Crippen LogP contribution < -0.4 is 0 Å². The van der Waals surface area contributed by atoms with Gasteiger partial charge in [0.1, 0.15) is 6.29 Å². The van der Waals surface area contributed by atoms with E-state index in [2.05, 4.69) is 41.8 Å². The van der Waals surface area contributed by atoms with Gasteiger partial charge < -0.3 is 4.57 Å². The zero-order chi connectivity index (χ0) is 14.7. The molecular formula is C19H21NO. The van der Waals surface area contributed by atoms with E-state index in [4.69, 9.17) is 0 Å². The summed E-state index contributed by atoms with van der Waals surface area (Å²) < 4.78 is 2.37. The van der Waals surface area contributed by atoms with Gasteiger partial charge in [0, 0.05) is 33.9 Å². The molecule has 2 heteroatoms. The molecule has 2 aromatic carbocycles. The number of para-hydroxylation sites is 1. The van der Waals surface area contributed by atoms with E-state index < -0.39 is 0 Å². The second kappa shape index (κ2) is 6.13. The number of carbonyl (C=O) groups excluding carboxylic acids is 1. The van der Waals surface area contributed by atoms with Crippen molar-refractivity contribution in [1.82, 2.24) is 4.57 Å². The molecule has 0 unspecified atom stereocenters. The van der Waals surface area contributed by atoms with Crippen molar-refractivity contribution in [2.45, 2.75) is 39.2 Å². The lowest BCUT2D eigenvalue weighted by Gasteiger charge is -2.07. The summed E-state index contributed by atoms with van der Waals surface area (Å²) in [6, 6.07) is 14.5. The van der Waals surface area contributed by atoms with Crippen LogP contribution in [0.3, 0.4) is 0 Å². The topological polar surface area (TPSA) is 22.0 Å². The average Bonchev–Trinajstić information content (AvgIpc) is 2.85. The SMILES string of the molecule is CCCCCCn1c2ccccc2c2ccc(C=O)cc21. The van der Waals surface area contributed by atoms with E-state index in [9.17, 15) is 4.79 Å². The number of unbranched alkanes of at least 4 members (excludes halogenated alkanes) is 3. The van der Waals surface area contributed by atoms with Crippen molar-refractivity contribution in [2.24, 2.45) is 0 Å². The van der Waals surface area contributed by atoms with Crippen molar-refractivity contribution in [3.8, 4) is 0 Å². The first kappa shape index (κ1) is 13.9. The third-order valence-electron chi connectivity index (χ3n) is 4.17. The molecule has 3 aromatic rings. The quantitative estimate of drug-likeness (QED) is 0.449. The van der Waals surface area contributed by atoms with Gasteiger partial charge in [-0.3, -0.25) is 4.79 Å². The van der Waals surface area contributed by atoms with E-state index in [-0.39, 0.29) is 0 Å². The molecule has 1 heterocycles. The van der Waals surface area contributed by atoms with E-state index in [0.29, 0.717) is 0 Å². The summed E-state index contributed by atoms with van der Waals surface area (Å²) in [5.74, 6) is 0. The Labute approximate surface area is 125 Å². The molecule has 0 N–H and O–H groups in total. The number of aldehydes is 1. The molecule has 0 aliphatic heterocycles. The van der Waals surface area contributed by atoms with Gasteiger partial charge in [0.25, 0.3) is 0 Å². The number of rotatable bonds is 6. The predicted molar refractivity (Wildman–Crippen MR) is 89.0 cm³/mol. The Morgan fingerprint density at radius 1 is 0.952 bits per heavy atom. The van der Waals surface area contributed by atoms with Crippen LogP contribution in [0.1, 0.15) is 43.0 Å². The minimum atomic E-state index is 0.750. The smallest absolute Gasteiger partial charge is 0.150 e. The number of hydrogen-bond acceptors (Lipinski definition) is 1. The van der Waals surface area contributed by atoms with Crippen LogP contribution in [0.5, 0.6) is 0 Å². The second-order valence-corrected chi connectivity index (χ2v) is 5.62. The number of hydrogen-bond donors (Lipinski definition) is 0. The largest absolute Gasteiger partial charge is 0.340 e. The summed E-state index contributed by atoms with van der Waals surface area (Å²) >= 11 is 0. The maximum atomic E-state index is 11.1. The average molecular weight is 279 g/mol. The Hall–Kier alpha value is -2.09. The van der Waals surface area contributed by atoms with Crippen LogP contribution in [0.4, 0.5) is 0 Å². The number of aryl methyl sites for hydroxylation is 1. The highest BCUT2D eigenvalue weighted by Crippen LogP contribution is 2.29. The highest BCUT2D eigenvalue weighted by atomic mass is 16.1. The van der Waals surface area contributed by atoms with E-state index >= 15 is 0 Å². The van der Waals surface area contributed by atoms with Crippen LogP contribution in [0.25, 0.3) is 21.8 Å². The van der Waals surface area contributed by atoms with E-state index in [1.54, 1.807) is 0 Å². The van der Waals surface area contributed by atoms with Crippen LogP contribution in [-0.4, -0.2) is 10.9 Å². The molecule has 1 aromatic heterocycles. The fourth-order valence-electron chi connectivity index (χ4n) is 3.08. The summed E-state index contributed by atoms with van der Waals surface area (Å²) in [4.78, 5) is 11.1. The van der Waals surface area contributed by atoms with Crippen LogP contribution in [0.15, 0.2) is 42.5 Å². The lowest BCUT2D eigenvalue weighted by atomic mass is 10.1. The monoisotopic (exact) mass is 279 g/mol. The van der Waals surface area contributed by atoms with Gasteiger partial charge >= 0.3 is 0 Å². The highest BCUT2D eigenvalue weighted by Gasteiger charge is 2.10. The third-order valence-corrected chi connectivity index (χ3v) is 4.17. The molecule has 0 aliphatic carbocycles. The molecule has 0 amide bonds. The Kier molecular flexibility index (Phi) is 4.05. The van der Waals surface area contributed by atoms with Gasteiger partial charge in [0.15, 0.2) is 0 Å². The standard InChI is InChI=1S/C19H21NO/c1-2-3-4-7-12-20-18-9-6-5-8-16(18)17-11-10-15(14-21)13-19(17)20/h5-6,8-11,13-14H,2-4,7,12H2,1H3.